The first kappa shape index (κ1) is 21.9. The lowest BCUT2D eigenvalue weighted by Crippen LogP contribution is -2.47. The Morgan fingerprint density at radius 3 is 2.38 bits per heavy atom. The zero-order valence-electron chi connectivity index (χ0n) is 18.3. The summed E-state index contributed by atoms with van der Waals surface area (Å²) < 4.78 is 0. The first-order valence-corrected chi connectivity index (χ1v) is 11.6. The lowest BCUT2D eigenvalue weighted by atomic mass is 9.89. The van der Waals surface area contributed by atoms with Crippen molar-refractivity contribution in [2.75, 3.05) is 40.3 Å². The fourth-order valence-corrected chi connectivity index (χ4v) is 4.78. The number of hydrogen-bond donors (Lipinski definition) is 2. The summed E-state index contributed by atoms with van der Waals surface area (Å²) in [6.07, 6.45) is 11.9. The van der Waals surface area contributed by atoms with Crippen LogP contribution >= 0.6 is 0 Å². The minimum Gasteiger partial charge on any atom is -0.356 e. The van der Waals surface area contributed by atoms with E-state index in [4.69, 9.17) is 0 Å². The van der Waals surface area contributed by atoms with Gasteiger partial charge in [0.05, 0.1) is 0 Å². The molecule has 0 radical (unpaired) electrons. The quantitative estimate of drug-likeness (QED) is 0.523. The molecule has 2 aliphatic carbocycles. The maximum absolute atomic E-state index is 12.7. The summed E-state index contributed by atoms with van der Waals surface area (Å²) in [6, 6.07) is 0.201. The Labute approximate surface area is 175 Å². The van der Waals surface area contributed by atoms with E-state index in [1.807, 2.05) is 4.90 Å². The van der Waals surface area contributed by atoms with E-state index in [2.05, 4.69) is 15.6 Å². The number of nitrogens with zero attached hydrogens (tertiary/aromatic N) is 3. The third-order valence-corrected chi connectivity index (χ3v) is 6.70. The molecule has 1 unspecified atom stereocenters. The molecule has 0 aromatic heterocycles. The molecule has 1 atom stereocenters. The van der Waals surface area contributed by atoms with E-state index in [-0.39, 0.29) is 24.4 Å². The summed E-state index contributed by atoms with van der Waals surface area (Å²) in [4.78, 5) is 32.8. The standard InChI is InChI=1S/C22H39N5O2/c1-26(2)20(28)15-24-22(23-14-17-8-4-3-5-9-17)25-19-12-13-27(16-19)21(29)18-10-6-7-11-18/h17-19H,3-16H2,1-2H3,(H2,23,24,25). The number of nitrogens with one attached hydrogen (secondary N) is 2. The van der Waals surface area contributed by atoms with Gasteiger partial charge in [0, 0.05) is 45.7 Å². The molecule has 1 aliphatic heterocycles. The van der Waals surface area contributed by atoms with Gasteiger partial charge in [-0.15, -0.1) is 0 Å². The molecular formula is C22H39N5O2. The van der Waals surface area contributed by atoms with Crippen molar-refractivity contribution in [1.29, 1.82) is 0 Å². The van der Waals surface area contributed by atoms with Crippen molar-refractivity contribution in [2.45, 2.75) is 70.3 Å². The molecule has 3 aliphatic rings. The Morgan fingerprint density at radius 2 is 1.69 bits per heavy atom. The molecule has 2 amide bonds. The van der Waals surface area contributed by atoms with Crippen LogP contribution in [0.15, 0.2) is 4.99 Å². The molecule has 2 N–H and O–H groups in total. The van der Waals surface area contributed by atoms with E-state index in [1.165, 1.54) is 44.9 Å². The Bertz CT molecular complexity index is 580. The van der Waals surface area contributed by atoms with Crippen LogP contribution in [0.25, 0.3) is 0 Å². The van der Waals surface area contributed by atoms with Crippen molar-refractivity contribution in [2.24, 2.45) is 16.8 Å². The topological polar surface area (TPSA) is 77.0 Å². The lowest BCUT2D eigenvalue weighted by molar-refractivity contribution is -0.134. The van der Waals surface area contributed by atoms with Crippen LogP contribution in [0.2, 0.25) is 0 Å². The third kappa shape index (κ3) is 6.61. The third-order valence-electron chi connectivity index (χ3n) is 6.70. The molecule has 1 heterocycles. The van der Waals surface area contributed by atoms with Crippen LogP contribution < -0.4 is 10.6 Å². The summed E-state index contributed by atoms with van der Waals surface area (Å²) in [5.41, 5.74) is 0. The van der Waals surface area contributed by atoms with Crippen molar-refractivity contribution >= 4 is 17.8 Å². The van der Waals surface area contributed by atoms with E-state index >= 15 is 0 Å². The Morgan fingerprint density at radius 1 is 1.00 bits per heavy atom. The Kier molecular flexibility index (Phi) is 8.19. The van der Waals surface area contributed by atoms with Gasteiger partial charge in [-0.25, -0.2) is 4.99 Å². The monoisotopic (exact) mass is 405 g/mol. The van der Waals surface area contributed by atoms with Crippen molar-refractivity contribution in [1.82, 2.24) is 20.4 Å². The molecule has 0 bridgehead atoms. The minimum atomic E-state index is -0.00627. The van der Waals surface area contributed by atoms with E-state index in [9.17, 15) is 9.59 Å². The molecule has 3 rings (SSSR count). The van der Waals surface area contributed by atoms with Gasteiger partial charge >= 0.3 is 0 Å². The summed E-state index contributed by atoms with van der Waals surface area (Å²) in [5.74, 6) is 1.97. The van der Waals surface area contributed by atoms with E-state index in [0.717, 1.165) is 38.9 Å². The normalized spacial score (nSPS) is 24.0. The van der Waals surface area contributed by atoms with Gasteiger partial charge in [0.2, 0.25) is 11.8 Å². The SMILES string of the molecule is CN(C)C(=O)CN=C(NCC1CCCCC1)NC1CCN(C(=O)C2CCCC2)C1. The van der Waals surface area contributed by atoms with Gasteiger partial charge in [-0.2, -0.15) is 0 Å². The first-order chi connectivity index (χ1) is 14.0. The number of carbonyl (C=O) groups is 2. The predicted octanol–water partition coefficient (Wildman–Crippen LogP) is 1.98. The second kappa shape index (κ2) is 10.8. The number of rotatable bonds is 6. The number of amides is 2. The maximum atomic E-state index is 12.7. The summed E-state index contributed by atoms with van der Waals surface area (Å²) in [6.45, 7) is 2.60. The molecule has 3 fully saturated rings. The van der Waals surface area contributed by atoms with Crippen LogP contribution in [0.4, 0.5) is 0 Å². The number of likely N-dealkylation sites (N-methyl/N-ethyl adjacent to an activating group) is 1. The van der Waals surface area contributed by atoms with Crippen molar-refractivity contribution in [3.63, 3.8) is 0 Å². The zero-order chi connectivity index (χ0) is 20.6. The second-order valence-electron chi connectivity index (χ2n) is 9.23. The highest BCUT2D eigenvalue weighted by Crippen LogP contribution is 2.28. The van der Waals surface area contributed by atoms with Crippen LogP contribution in [0.1, 0.15) is 64.2 Å². The number of carbonyl (C=O) groups excluding carboxylic acids is 2. The van der Waals surface area contributed by atoms with E-state index in [1.54, 1.807) is 19.0 Å². The minimum absolute atomic E-state index is 0.00627. The summed E-state index contributed by atoms with van der Waals surface area (Å²) in [7, 11) is 3.51. The second-order valence-corrected chi connectivity index (χ2v) is 9.23. The molecular weight excluding hydrogens is 366 g/mol. The number of aliphatic imine (C=N–C) groups is 1. The summed E-state index contributed by atoms with van der Waals surface area (Å²) >= 11 is 0. The van der Waals surface area contributed by atoms with Crippen molar-refractivity contribution in [3.8, 4) is 0 Å². The average Bonchev–Trinajstić information content (AvgIpc) is 3.42. The molecule has 2 saturated carbocycles. The molecule has 164 valence electrons. The van der Waals surface area contributed by atoms with Gasteiger partial charge in [-0.3, -0.25) is 9.59 Å². The smallest absolute Gasteiger partial charge is 0.243 e. The first-order valence-electron chi connectivity index (χ1n) is 11.6. The highest BCUT2D eigenvalue weighted by molar-refractivity contribution is 5.85. The van der Waals surface area contributed by atoms with Gasteiger partial charge in [0.15, 0.2) is 5.96 Å². The molecule has 0 spiro atoms. The molecule has 0 aromatic carbocycles. The van der Waals surface area contributed by atoms with Gasteiger partial charge < -0.3 is 20.4 Å². The van der Waals surface area contributed by atoms with Crippen LogP contribution in [0.5, 0.6) is 0 Å². The fraction of sp³-hybridized carbons (Fsp3) is 0.864. The van der Waals surface area contributed by atoms with Crippen LogP contribution in [0, 0.1) is 11.8 Å². The molecule has 7 heteroatoms. The van der Waals surface area contributed by atoms with Gasteiger partial charge in [0.25, 0.3) is 0 Å². The molecule has 7 nitrogen and oxygen atoms in total. The average molecular weight is 406 g/mol. The van der Waals surface area contributed by atoms with E-state index in [0.29, 0.717) is 17.8 Å². The Hall–Kier alpha value is -1.79. The number of guanidine groups is 1. The van der Waals surface area contributed by atoms with Gasteiger partial charge in [0.1, 0.15) is 6.54 Å². The van der Waals surface area contributed by atoms with Gasteiger partial charge in [-0.05, 0) is 38.0 Å². The molecule has 29 heavy (non-hydrogen) atoms. The highest BCUT2D eigenvalue weighted by Gasteiger charge is 2.32. The van der Waals surface area contributed by atoms with E-state index < -0.39 is 0 Å². The van der Waals surface area contributed by atoms with Crippen molar-refractivity contribution in [3.05, 3.63) is 0 Å². The fourth-order valence-electron chi connectivity index (χ4n) is 4.78. The maximum Gasteiger partial charge on any atom is 0.243 e. The summed E-state index contributed by atoms with van der Waals surface area (Å²) in [5, 5.41) is 6.97. The Balaban J connectivity index is 1.53. The number of hydrogen-bond acceptors (Lipinski definition) is 3. The zero-order valence-corrected chi connectivity index (χ0v) is 18.3. The largest absolute Gasteiger partial charge is 0.356 e. The van der Waals surface area contributed by atoms with Crippen LogP contribution in [-0.2, 0) is 9.59 Å². The van der Waals surface area contributed by atoms with Crippen LogP contribution in [0.3, 0.4) is 0 Å². The predicted molar refractivity (Wildman–Crippen MR) is 116 cm³/mol. The molecule has 0 aromatic rings. The van der Waals surface area contributed by atoms with Crippen LogP contribution in [-0.4, -0.2) is 73.9 Å². The van der Waals surface area contributed by atoms with Gasteiger partial charge in [-0.1, -0.05) is 32.1 Å². The lowest BCUT2D eigenvalue weighted by Gasteiger charge is -2.25. The molecule has 1 saturated heterocycles. The highest BCUT2D eigenvalue weighted by atomic mass is 16.2. The number of likely N-dealkylation sites (tertiary alicyclic amines) is 1. The van der Waals surface area contributed by atoms with Crippen molar-refractivity contribution < 1.29 is 9.59 Å².